The zero-order valence-corrected chi connectivity index (χ0v) is 14.3. The van der Waals surface area contributed by atoms with Gasteiger partial charge in [0.05, 0.1) is 26.9 Å². The van der Waals surface area contributed by atoms with Gasteiger partial charge in [-0.05, 0) is 18.6 Å². The van der Waals surface area contributed by atoms with E-state index in [-0.39, 0.29) is 18.1 Å². The molecule has 0 aromatic heterocycles. The van der Waals surface area contributed by atoms with E-state index in [0.29, 0.717) is 25.3 Å². The lowest BCUT2D eigenvalue weighted by Gasteiger charge is -2.30. The number of carbonyl (C=O) groups is 1. The summed E-state index contributed by atoms with van der Waals surface area (Å²) < 4.78 is 22.3. The number of hydrogen-bond donors (Lipinski definition) is 1. The molecule has 0 radical (unpaired) electrons. The van der Waals surface area contributed by atoms with E-state index in [4.69, 9.17) is 18.9 Å². The standard InChI is InChI=1S/C18H25NO5/c1-3-23-18(20)15-10-14-12(11-19-15)4-5-16(21-2)17(14)24-13-6-8-22-9-7-13/h4-5,13,15,19H,3,6-11H2,1-2H3/t15-/m0/s1. The molecule has 1 fully saturated rings. The summed E-state index contributed by atoms with van der Waals surface area (Å²) in [4.78, 5) is 12.1. The first-order valence-electron chi connectivity index (χ1n) is 8.56. The van der Waals surface area contributed by atoms with Gasteiger partial charge in [0.15, 0.2) is 11.5 Å². The summed E-state index contributed by atoms with van der Waals surface area (Å²) in [6.45, 7) is 4.25. The van der Waals surface area contributed by atoms with Gasteiger partial charge in [-0.1, -0.05) is 6.07 Å². The number of fused-ring (bicyclic) bond motifs is 1. The maximum absolute atomic E-state index is 12.1. The molecule has 0 amide bonds. The van der Waals surface area contributed by atoms with Crippen molar-refractivity contribution in [2.24, 2.45) is 0 Å². The van der Waals surface area contributed by atoms with Crippen LogP contribution in [0.1, 0.15) is 30.9 Å². The van der Waals surface area contributed by atoms with E-state index in [1.807, 2.05) is 19.1 Å². The van der Waals surface area contributed by atoms with Crippen LogP contribution in [0.5, 0.6) is 11.5 Å². The van der Waals surface area contributed by atoms with Crippen molar-refractivity contribution in [3.05, 3.63) is 23.3 Å². The van der Waals surface area contributed by atoms with Crippen molar-refractivity contribution in [1.82, 2.24) is 5.32 Å². The van der Waals surface area contributed by atoms with Crippen molar-refractivity contribution < 1.29 is 23.7 Å². The van der Waals surface area contributed by atoms with Crippen LogP contribution in [-0.4, -0.2) is 45.0 Å². The quantitative estimate of drug-likeness (QED) is 0.828. The molecule has 0 aliphatic carbocycles. The van der Waals surface area contributed by atoms with Crippen LogP contribution in [-0.2, 0) is 27.2 Å². The molecule has 24 heavy (non-hydrogen) atoms. The number of hydrogen-bond acceptors (Lipinski definition) is 6. The molecule has 0 saturated carbocycles. The Balaban J connectivity index is 1.85. The summed E-state index contributed by atoms with van der Waals surface area (Å²) in [5.41, 5.74) is 2.18. The molecular formula is C18H25NO5. The number of benzene rings is 1. The molecule has 0 unspecified atom stereocenters. The highest BCUT2D eigenvalue weighted by molar-refractivity contribution is 5.77. The van der Waals surface area contributed by atoms with Gasteiger partial charge < -0.3 is 24.3 Å². The third-order valence-corrected chi connectivity index (χ3v) is 4.51. The largest absolute Gasteiger partial charge is 0.493 e. The van der Waals surface area contributed by atoms with Crippen molar-refractivity contribution in [2.45, 2.75) is 44.9 Å². The summed E-state index contributed by atoms with van der Waals surface area (Å²) in [6, 6.07) is 3.61. The third kappa shape index (κ3) is 3.65. The Morgan fingerprint density at radius 3 is 2.83 bits per heavy atom. The van der Waals surface area contributed by atoms with Crippen molar-refractivity contribution >= 4 is 5.97 Å². The predicted molar refractivity (Wildman–Crippen MR) is 88.4 cm³/mol. The van der Waals surface area contributed by atoms with Gasteiger partial charge in [-0.15, -0.1) is 0 Å². The SMILES string of the molecule is CCOC(=O)[C@@H]1Cc2c(ccc(OC)c2OC2CCOCC2)CN1. The average molecular weight is 335 g/mol. The second-order valence-corrected chi connectivity index (χ2v) is 6.05. The normalized spacial score (nSPS) is 21.0. The lowest BCUT2D eigenvalue weighted by molar-refractivity contribution is -0.145. The molecule has 6 heteroatoms. The van der Waals surface area contributed by atoms with E-state index in [1.165, 1.54) is 0 Å². The van der Waals surface area contributed by atoms with Gasteiger partial charge in [0, 0.05) is 31.4 Å². The maximum atomic E-state index is 12.1. The number of carbonyl (C=O) groups excluding carboxylic acids is 1. The Hall–Kier alpha value is -1.79. The van der Waals surface area contributed by atoms with Crippen molar-refractivity contribution in [1.29, 1.82) is 0 Å². The lowest BCUT2D eigenvalue weighted by Crippen LogP contribution is -2.43. The molecule has 3 rings (SSSR count). The molecular weight excluding hydrogens is 310 g/mol. The van der Waals surface area contributed by atoms with Crippen molar-refractivity contribution in [3.63, 3.8) is 0 Å². The Bertz CT molecular complexity index is 583. The van der Waals surface area contributed by atoms with E-state index in [2.05, 4.69) is 5.32 Å². The minimum Gasteiger partial charge on any atom is -0.493 e. The van der Waals surface area contributed by atoms with Crippen LogP contribution in [0.3, 0.4) is 0 Å². The van der Waals surface area contributed by atoms with Gasteiger partial charge in [0.25, 0.3) is 0 Å². The first kappa shape index (κ1) is 17.0. The van der Waals surface area contributed by atoms with E-state index in [0.717, 1.165) is 42.9 Å². The average Bonchev–Trinajstić information content (AvgIpc) is 2.62. The molecule has 2 heterocycles. The Morgan fingerprint density at radius 2 is 2.12 bits per heavy atom. The van der Waals surface area contributed by atoms with Crippen LogP contribution in [0.15, 0.2) is 12.1 Å². The van der Waals surface area contributed by atoms with Crippen LogP contribution in [0.25, 0.3) is 0 Å². The number of methoxy groups -OCH3 is 1. The van der Waals surface area contributed by atoms with Gasteiger partial charge in [0.2, 0.25) is 0 Å². The molecule has 1 aromatic carbocycles. The molecule has 1 N–H and O–H groups in total. The van der Waals surface area contributed by atoms with E-state index in [1.54, 1.807) is 7.11 Å². The minimum absolute atomic E-state index is 0.120. The summed E-state index contributed by atoms with van der Waals surface area (Å²) >= 11 is 0. The Kier molecular flexibility index (Phi) is 5.58. The molecule has 1 saturated heterocycles. The number of nitrogens with one attached hydrogen (secondary N) is 1. The highest BCUT2D eigenvalue weighted by atomic mass is 16.5. The van der Waals surface area contributed by atoms with Gasteiger partial charge in [-0.3, -0.25) is 4.79 Å². The molecule has 1 atom stereocenters. The van der Waals surface area contributed by atoms with E-state index < -0.39 is 0 Å². The highest BCUT2D eigenvalue weighted by Gasteiger charge is 2.30. The number of rotatable bonds is 5. The van der Waals surface area contributed by atoms with Crippen LogP contribution >= 0.6 is 0 Å². The predicted octanol–water partition coefficient (Wildman–Crippen LogP) is 1.83. The summed E-state index contributed by atoms with van der Waals surface area (Å²) in [7, 11) is 1.64. The molecule has 6 nitrogen and oxygen atoms in total. The first-order chi connectivity index (χ1) is 11.7. The monoisotopic (exact) mass is 335 g/mol. The summed E-state index contributed by atoms with van der Waals surface area (Å²) in [5, 5.41) is 3.24. The Labute approximate surface area is 142 Å². The molecule has 0 spiro atoms. The second kappa shape index (κ2) is 7.85. The van der Waals surface area contributed by atoms with Gasteiger partial charge >= 0.3 is 5.97 Å². The van der Waals surface area contributed by atoms with Gasteiger partial charge in [-0.2, -0.15) is 0 Å². The molecule has 2 aliphatic rings. The lowest BCUT2D eigenvalue weighted by atomic mass is 9.94. The van der Waals surface area contributed by atoms with Gasteiger partial charge in [-0.25, -0.2) is 0 Å². The molecule has 0 bridgehead atoms. The van der Waals surface area contributed by atoms with Gasteiger partial charge in [0.1, 0.15) is 12.1 Å². The zero-order valence-electron chi connectivity index (χ0n) is 14.3. The zero-order chi connectivity index (χ0) is 16.9. The highest BCUT2D eigenvalue weighted by Crippen LogP contribution is 2.38. The van der Waals surface area contributed by atoms with Crippen LogP contribution in [0.4, 0.5) is 0 Å². The van der Waals surface area contributed by atoms with E-state index >= 15 is 0 Å². The van der Waals surface area contributed by atoms with Crippen molar-refractivity contribution in [2.75, 3.05) is 26.9 Å². The fraction of sp³-hybridized carbons (Fsp3) is 0.611. The number of ether oxygens (including phenoxy) is 4. The molecule has 2 aliphatic heterocycles. The topological polar surface area (TPSA) is 66.0 Å². The van der Waals surface area contributed by atoms with Crippen LogP contribution in [0, 0.1) is 0 Å². The number of esters is 1. The summed E-state index contributed by atoms with van der Waals surface area (Å²) in [5.74, 6) is 1.26. The first-order valence-corrected chi connectivity index (χ1v) is 8.56. The summed E-state index contributed by atoms with van der Waals surface area (Å²) in [6.07, 6.45) is 2.40. The third-order valence-electron chi connectivity index (χ3n) is 4.51. The van der Waals surface area contributed by atoms with Crippen molar-refractivity contribution in [3.8, 4) is 11.5 Å². The fourth-order valence-electron chi connectivity index (χ4n) is 3.21. The van der Waals surface area contributed by atoms with E-state index in [9.17, 15) is 4.79 Å². The Morgan fingerprint density at radius 1 is 1.33 bits per heavy atom. The molecule has 132 valence electrons. The fourth-order valence-corrected chi connectivity index (χ4v) is 3.21. The van der Waals surface area contributed by atoms with Crippen LogP contribution in [0.2, 0.25) is 0 Å². The smallest absolute Gasteiger partial charge is 0.323 e. The van der Waals surface area contributed by atoms with Crippen LogP contribution < -0.4 is 14.8 Å². The minimum atomic E-state index is -0.346. The maximum Gasteiger partial charge on any atom is 0.323 e. The molecule has 1 aromatic rings. The second-order valence-electron chi connectivity index (χ2n) is 6.05.